The van der Waals surface area contributed by atoms with Crippen molar-refractivity contribution in [3.8, 4) is 17.1 Å². The van der Waals surface area contributed by atoms with Crippen molar-refractivity contribution >= 4 is 28.3 Å². The fourth-order valence-electron chi connectivity index (χ4n) is 4.76. The van der Waals surface area contributed by atoms with E-state index in [0.29, 0.717) is 24.4 Å². The summed E-state index contributed by atoms with van der Waals surface area (Å²) in [5, 5.41) is 11.7. The van der Waals surface area contributed by atoms with Crippen LogP contribution in [0.5, 0.6) is 5.75 Å². The summed E-state index contributed by atoms with van der Waals surface area (Å²) in [4.78, 5) is 32.5. The van der Waals surface area contributed by atoms with Crippen molar-refractivity contribution in [2.75, 3.05) is 19.1 Å². The summed E-state index contributed by atoms with van der Waals surface area (Å²) in [5.41, 5.74) is 3.61. The van der Waals surface area contributed by atoms with E-state index in [0.717, 1.165) is 33.2 Å². The first-order valence-corrected chi connectivity index (χ1v) is 12.2. The molecule has 190 valence electrons. The number of rotatable bonds is 7. The molecule has 9 heteroatoms. The van der Waals surface area contributed by atoms with Gasteiger partial charge in [0.2, 0.25) is 24.0 Å². The summed E-state index contributed by atoms with van der Waals surface area (Å²) in [5.74, 6) is 0.830. The first-order valence-electron chi connectivity index (χ1n) is 12.2. The van der Waals surface area contributed by atoms with Gasteiger partial charge >= 0.3 is 0 Å². The van der Waals surface area contributed by atoms with Gasteiger partial charge in [-0.1, -0.05) is 41.6 Å². The number of para-hydroxylation sites is 1. The maximum atomic E-state index is 13.9. The minimum Gasteiger partial charge on any atom is -0.496 e. The monoisotopic (exact) mass is 499 g/mol. The van der Waals surface area contributed by atoms with Crippen molar-refractivity contribution in [1.82, 2.24) is 20.8 Å². The van der Waals surface area contributed by atoms with Gasteiger partial charge in [0.1, 0.15) is 11.8 Å². The van der Waals surface area contributed by atoms with E-state index in [4.69, 9.17) is 9.26 Å². The summed E-state index contributed by atoms with van der Waals surface area (Å²) in [7, 11) is 3.34. The van der Waals surface area contributed by atoms with Crippen LogP contribution in [0.1, 0.15) is 24.5 Å². The Morgan fingerprint density at radius 2 is 2.05 bits per heavy atom. The average Bonchev–Trinajstić information content (AvgIpc) is 3.44. The second kappa shape index (κ2) is 10.4. The zero-order valence-corrected chi connectivity index (χ0v) is 21.0. The summed E-state index contributed by atoms with van der Waals surface area (Å²) in [6, 6.07) is 16.6. The van der Waals surface area contributed by atoms with E-state index < -0.39 is 12.1 Å². The number of fused-ring (bicyclic) bond motifs is 2. The average molecular weight is 500 g/mol. The molecule has 9 nitrogen and oxygen atoms in total. The number of amides is 2. The molecular formula is C28H29N5O4. The maximum absolute atomic E-state index is 13.9. The molecule has 0 spiro atoms. The second-order valence-corrected chi connectivity index (χ2v) is 9.10. The van der Waals surface area contributed by atoms with Crippen LogP contribution >= 0.6 is 0 Å². The Morgan fingerprint density at radius 3 is 2.81 bits per heavy atom. The van der Waals surface area contributed by atoms with Crippen LogP contribution in [0.4, 0.5) is 5.69 Å². The minimum atomic E-state index is -0.637. The maximum Gasteiger partial charge on any atom is 0.249 e. The molecule has 0 saturated heterocycles. The number of aryl methyl sites for hydroxylation is 1. The van der Waals surface area contributed by atoms with E-state index in [-0.39, 0.29) is 18.4 Å². The molecule has 2 heterocycles. The van der Waals surface area contributed by atoms with Gasteiger partial charge in [0.15, 0.2) is 0 Å². The van der Waals surface area contributed by atoms with E-state index in [9.17, 15) is 9.59 Å². The summed E-state index contributed by atoms with van der Waals surface area (Å²) in [6.45, 7) is 2.05. The molecule has 0 bridgehead atoms. The lowest BCUT2D eigenvalue weighted by Gasteiger charge is -2.28. The highest BCUT2D eigenvalue weighted by molar-refractivity contribution is 6.02. The molecule has 37 heavy (non-hydrogen) atoms. The molecule has 2 amide bonds. The normalized spacial score (nSPS) is 16.2. The summed E-state index contributed by atoms with van der Waals surface area (Å²) >= 11 is 0. The van der Waals surface area contributed by atoms with Gasteiger partial charge in [-0.3, -0.25) is 9.59 Å². The van der Waals surface area contributed by atoms with Crippen LogP contribution in [0.15, 0.2) is 65.5 Å². The molecule has 1 aliphatic rings. The van der Waals surface area contributed by atoms with E-state index in [1.165, 1.54) is 6.39 Å². The third kappa shape index (κ3) is 4.77. The number of hydrogen-bond acceptors (Lipinski definition) is 7. The van der Waals surface area contributed by atoms with Gasteiger partial charge in [-0.05, 0) is 61.3 Å². The lowest BCUT2D eigenvalue weighted by molar-refractivity contribution is -0.128. The van der Waals surface area contributed by atoms with Crippen molar-refractivity contribution in [1.29, 1.82) is 0 Å². The molecule has 1 aliphatic heterocycles. The van der Waals surface area contributed by atoms with Crippen LogP contribution in [-0.4, -0.2) is 48.2 Å². The molecule has 5 rings (SSSR count). The van der Waals surface area contributed by atoms with Crippen molar-refractivity contribution in [3.63, 3.8) is 0 Å². The van der Waals surface area contributed by atoms with Gasteiger partial charge in [-0.15, -0.1) is 0 Å². The number of methoxy groups -OCH3 is 1. The number of aromatic nitrogens is 2. The molecule has 0 fully saturated rings. The lowest BCUT2D eigenvalue weighted by Crippen LogP contribution is -2.52. The van der Waals surface area contributed by atoms with Gasteiger partial charge in [-0.25, -0.2) is 0 Å². The van der Waals surface area contributed by atoms with Crippen molar-refractivity contribution < 1.29 is 18.8 Å². The molecular weight excluding hydrogens is 470 g/mol. The van der Waals surface area contributed by atoms with Crippen LogP contribution in [0.25, 0.3) is 22.2 Å². The van der Waals surface area contributed by atoms with Gasteiger partial charge < -0.3 is 24.8 Å². The van der Waals surface area contributed by atoms with Crippen LogP contribution in [-0.2, 0) is 22.6 Å². The van der Waals surface area contributed by atoms with Crippen molar-refractivity contribution in [3.05, 3.63) is 72.1 Å². The van der Waals surface area contributed by atoms with Crippen LogP contribution < -0.4 is 20.3 Å². The Labute approximate surface area is 214 Å². The fraction of sp³-hybridized carbons (Fsp3) is 0.286. The van der Waals surface area contributed by atoms with E-state index in [2.05, 4.69) is 20.8 Å². The van der Waals surface area contributed by atoms with Gasteiger partial charge in [0, 0.05) is 16.8 Å². The Balaban J connectivity index is 1.56. The molecule has 2 atom stereocenters. The molecule has 2 N–H and O–H groups in total. The van der Waals surface area contributed by atoms with Crippen LogP contribution in [0.2, 0.25) is 0 Å². The quantitative estimate of drug-likeness (QED) is 0.401. The SMILES string of the molecule is CNC(C)C(=O)NC1CCc2ccccc2N(Cc2c(OC)ccc3cc(-c4ncon4)ccc23)C1=O. The smallest absolute Gasteiger partial charge is 0.249 e. The third-order valence-electron chi connectivity index (χ3n) is 6.94. The zero-order chi connectivity index (χ0) is 25.9. The number of likely N-dealkylation sites (N-methyl/N-ethyl adjacent to an activating group) is 1. The highest BCUT2D eigenvalue weighted by Crippen LogP contribution is 2.35. The molecule has 3 aromatic carbocycles. The Morgan fingerprint density at radius 1 is 1.22 bits per heavy atom. The topological polar surface area (TPSA) is 110 Å². The predicted octanol–water partition coefficient (Wildman–Crippen LogP) is 3.47. The first kappa shape index (κ1) is 24.5. The zero-order valence-electron chi connectivity index (χ0n) is 21.0. The summed E-state index contributed by atoms with van der Waals surface area (Å²) < 4.78 is 10.6. The highest BCUT2D eigenvalue weighted by atomic mass is 16.5. The van der Waals surface area contributed by atoms with Crippen molar-refractivity contribution in [2.24, 2.45) is 0 Å². The summed E-state index contributed by atoms with van der Waals surface area (Å²) in [6.07, 6.45) is 2.50. The predicted molar refractivity (Wildman–Crippen MR) is 140 cm³/mol. The molecule has 1 aromatic heterocycles. The van der Waals surface area contributed by atoms with E-state index in [1.807, 2.05) is 54.6 Å². The number of anilines is 1. The number of nitrogens with zero attached hydrogens (tertiary/aromatic N) is 3. The minimum absolute atomic E-state index is 0.149. The Kier molecular flexibility index (Phi) is 6.87. The number of nitrogens with one attached hydrogen (secondary N) is 2. The molecule has 0 radical (unpaired) electrons. The Hall–Kier alpha value is -4.24. The molecule has 0 aliphatic carbocycles. The largest absolute Gasteiger partial charge is 0.496 e. The Bertz CT molecular complexity index is 1440. The number of carbonyl (C=O) groups excluding carboxylic acids is 2. The van der Waals surface area contributed by atoms with Gasteiger partial charge in [0.05, 0.1) is 19.7 Å². The van der Waals surface area contributed by atoms with Gasteiger partial charge in [-0.2, -0.15) is 4.98 Å². The molecule has 0 saturated carbocycles. The van der Waals surface area contributed by atoms with E-state index >= 15 is 0 Å². The van der Waals surface area contributed by atoms with Crippen LogP contribution in [0.3, 0.4) is 0 Å². The van der Waals surface area contributed by atoms with Crippen LogP contribution in [0, 0.1) is 0 Å². The third-order valence-corrected chi connectivity index (χ3v) is 6.94. The second-order valence-electron chi connectivity index (χ2n) is 9.10. The van der Waals surface area contributed by atoms with Crippen molar-refractivity contribution in [2.45, 2.75) is 38.4 Å². The van der Waals surface area contributed by atoms with Gasteiger partial charge in [0.25, 0.3) is 0 Å². The number of carbonyl (C=O) groups is 2. The number of hydrogen-bond donors (Lipinski definition) is 2. The number of ether oxygens (including phenoxy) is 1. The van der Waals surface area contributed by atoms with E-state index in [1.54, 1.807) is 26.0 Å². The first-order chi connectivity index (χ1) is 18.0. The number of benzene rings is 3. The molecule has 2 unspecified atom stereocenters. The lowest BCUT2D eigenvalue weighted by atomic mass is 10.00. The highest BCUT2D eigenvalue weighted by Gasteiger charge is 2.33. The molecule has 4 aromatic rings. The fourth-order valence-corrected chi connectivity index (χ4v) is 4.76. The standard InChI is InChI=1S/C28H29N5O4/c1-17(29-2)27(34)31-23-12-9-18-6-4-5-7-24(18)33(28(23)35)15-22-21-11-8-20(26-30-16-37-32-26)14-19(21)10-13-25(22)36-3/h4-8,10-11,13-14,16-17,23,29H,9,12,15H2,1-3H3,(H,31,34).